The molecule has 2 heterocycles. The number of nitrogens with zero attached hydrogens (tertiary/aromatic N) is 3. The van der Waals surface area contributed by atoms with Gasteiger partial charge in [0.05, 0.1) is 13.0 Å². The zero-order valence-electron chi connectivity index (χ0n) is 14.5. The molecular formula is C18H21N5O3. The smallest absolute Gasteiger partial charge is 0.248 e. The second-order valence-electron chi connectivity index (χ2n) is 6.15. The van der Waals surface area contributed by atoms with Crippen LogP contribution in [0.5, 0.6) is 5.88 Å². The van der Waals surface area contributed by atoms with Gasteiger partial charge < -0.3 is 20.7 Å². The highest BCUT2D eigenvalue weighted by atomic mass is 16.5. The number of nitrogens with two attached hydrogens (primary N) is 1. The Balaban J connectivity index is 1.62. The molecule has 0 saturated carbocycles. The van der Waals surface area contributed by atoms with E-state index in [1.807, 2.05) is 6.07 Å². The van der Waals surface area contributed by atoms with Gasteiger partial charge >= 0.3 is 0 Å². The van der Waals surface area contributed by atoms with E-state index < -0.39 is 5.91 Å². The SMILES string of the molecule is COc1ccc(N2CCC[C@H](C(=O)Nc3ccc(C(N)=O)cc3)C2)nn1. The molecule has 26 heavy (non-hydrogen) atoms. The van der Waals surface area contributed by atoms with Crippen LogP contribution in [0, 0.1) is 5.92 Å². The number of aromatic nitrogens is 2. The van der Waals surface area contributed by atoms with Gasteiger partial charge in [-0.05, 0) is 43.2 Å². The maximum atomic E-state index is 12.6. The van der Waals surface area contributed by atoms with Crippen molar-refractivity contribution in [1.82, 2.24) is 10.2 Å². The Bertz CT molecular complexity index is 776. The molecule has 0 bridgehead atoms. The number of primary amides is 1. The summed E-state index contributed by atoms with van der Waals surface area (Å²) in [6.07, 6.45) is 1.71. The van der Waals surface area contributed by atoms with E-state index >= 15 is 0 Å². The molecule has 0 unspecified atom stereocenters. The van der Waals surface area contributed by atoms with E-state index in [-0.39, 0.29) is 11.8 Å². The van der Waals surface area contributed by atoms with Gasteiger partial charge in [0.2, 0.25) is 17.7 Å². The first-order valence-corrected chi connectivity index (χ1v) is 8.40. The first kappa shape index (κ1) is 17.7. The van der Waals surface area contributed by atoms with Gasteiger partial charge in [-0.3, -0.25) is 9.59 Å². The van der Waals surface area contributed by atoms with E-state index in [0.717, 1.165) is 25.2 Å². The maximum absolute atomic E-state index is 12.6. The minimum absolute atomic E-state index is 0.0528. The molecule has 3 N–H and O–H groups in total. The highest BCUT2D eigenvalue weighted by Crippen LogP contribution is 2.23. The van der Waals surface area contributed by atoms with Gasteiger partial charge in [-0.2, -0.15) is 0 Å². The predicted octanol–water partition coefficient (Wildman–Crippen LogP) is 1.44. The summed E-state index contributed by atoms with van der Waals surface area (Å²) in [6, 6.07) is 10.1. The third-order valence-corrected chi connectivity index (χ3v) is 4.39. The second kappa shape index (κ2) is 7.81. The van der Waals surface area contributed by atoms with Crippen LogP contribution in [0.2, 0.25) is 0 Å². The quantitative estimate of drug-likeness (QED) is 0.840. The van der Waals surface area contributed by atoms with E-state index in [2.05, 4.69) is 20.4 Å². The fraction of sp³-hybridized carbons (Fsp3) is 0.333. The van der Waals surface area contributed by atoms with Crippen molar-refractivity contribution in [3.8, 4) is 5.88 Å². The Labute approximate surface area is 151 Å². The number of ether oxygens (including phenoxy) is 1. The molecule has 1 aromatic carbocycles. The van der Waals surface area contributed by atoms with Crippen LogP contribution in [0.1, 0.15) is 23.2 Å². The van der Waals surface area contributed by atoms with Crippen LogP contribution in [0.25, 0.3) is 0 Å². The monoisotopic (exact) mass is 355 g/mol. The van der Waals surface area contributed by atoms with Gasteiger partial charge in [0.25, 0.3) is 0 Å². The summed E-state index contributed by atoms with van der Waals surface area (Å²) in [5.41, 5.74) is 6.27. The molecule has 1 aliphatic heterocycles. The highest BCUT2D eigenvalue weighted by molar-refractivity contribution is 5.95. The van der Waals surface area contributed by atoms with E-state index in [1.165, 1.54) is 0 Å². The molecule has 8 nitrogen and oxygen atoms in total. The van der Waals surface area contributed by atoms with E-state index in [0.29, 0.717) is 23.7 Å². The number of carbonyl (C=O) groups is 2. The predicted molar refractivity (Wildman–Crippen MR) is 97.1 cm³/mol. The molecular weight excluding hydrogens is 334 g/mol. The van der Waals surface area contributed by atoms with Crippen LogP contribution < -0.4 is 20.7 Å². The number of amides is 2. The molecule has 2 amide bonds. The number of carbonyl (C=O) groups excluding carboxylic acids is 2. The van der Waals surface area contributed by atoms with Crippen molar-refractivity contribution in [3.05, 3.63) is 42.0 Å². The Kier molecular flexibility index (Phi) is 5.31. The largest absolute Gasteiger partial charge is 0.480 e. The Morgan fingerprint density at radius 2 is 1.96 bits per heavy atom. The van der Waals surface area contributed by atoms with Gasteiger partial charge in [0.15, 0.2) is 5.82 Å². The first-order chi connectivity index (χ1) is 12.6. The molecule has 8 heteroatoms. The summed E-state index contributed by atoms with van der Waals surface area (Å²) in [4.78, 5) is 25.7. The number of piperidine rings is 1. The van der Waals surface area contributed by atoms with Gasteiger partial charge in [-0.15, -0.1) is 10.2 Å². The van der Waals surface area contributed by atoms with Crippen molar-refractivity contribution in [1.29, 1.82) is 0 Å². The van der Waals surface area contributed by atoms with Crippen molar-refractivity contribution in [3.63, 3.8) is 0 Å². The summed E-state index contributed by atoms with van der Waals surface area (Å²) in [5.74, 6) is 0.492. The third kappa shape index (κ3) is 4.08. The molecule has 0 radical (unpaired) electrons. The van der Waals surface area contributed by atoms with Crippen LogP contribution in [0.15, 0.2) is 36.4 Å². The molecule has 1 aromatic heterocycles. The molecule has 1 fully saturated rings. The average molecular weight is 355 g/mol. The van der Waals surface area contributed by atoms with Crippen molar-refractivity contribution in [2.45, 2.75) is 12.8 Å². The summed E-state index contributed by atoms with van der Waals surface area (Å²) in [5, 5.41) is 11.0. The molecule has 1 aliphatic rings. The van der Waals surface area contributed by atoms with Crippen molar-refractivity contribution in [2.75, 3.05) is 30.4 Å². The molecule has 1 saturated heterocycles. The lowest BCUT2D eigenvalue weighted by molar-refractivity contribution is -0.120. The van der Waals surface area contributed by atoms with E-state index in [9.17, 15) is 9.59 Å². The molecule has 1 atom stereocenters. The van der Waals surface area contributed by atoms with E-state index in [1.54, 1.807) is 37.4 Å². The minimum atomic E-state index is -0.494. The lowest BCUT2D eigenvalue weighted by Crippen LogP contribution is -2.41. The topological polar surface area (TPSA) is 110 Å². The number of benzene rings is 1. The van der Waals surface area contributed by atoms with Crippen LogP contribution >= 0.6 is 0 Å². The van der Waals surface area contributed by atoms with E-state index in [4.69, 9.17) is 10.5 Å². The van der Waals surface area contributed by atoms with Crippen molar-refractivity contribution >= 4 is 23.3 Å². The number of nitrogens with one attached hydrogen (secondary N) is 1. The van der Waals surface area contributed by atoms with Crippen LogP contribution in [0.3, 0.4) is 0 Å². The zero-order chi connectivity index (χ0) is 18.5. The van der Waals surface area contributed by atoms with Crippen LogP contribution in [0.4, 0.5) is 11.5 Å². The second-order valence-corrected chi connectivity index (χ2v) is 6.15. The van der Waals surface area contributed by atoms with Gasteiger partial charge in [-0.25, -0.2) is 0 Å². The zero-order valence-corrected chi connectivity index (χ0v) is 14.5. The maximum Gasteiger partial charge on any atom is 0.248 e. The molecule has 0 spiro atoms. The van der Waals surface area contributed by atoms with Gasteiger partial charge in [-0.1, -0.05) is 0 Å². The standard InChI is InChI=1S/C18H21N5O3/c1-26-16-9-8-15(21-22-16)23-10-2-3-13(11-23)18(25)20-14-6-4-12(5-7-14)17(19)24/h4-9,13H,2-3,10-11H2,1H3,(H2,19,24)(H,20,25)/t13-/m0/s1. The number of hydrogen-bond acceptors (Lipinski definition) is 6. The number of anilines is 2. The number of hydrogen-bond donors (Lipinski definition) is 2. The van der Waals surface area contributed by atoms with Gasteiger partial charge in [0.1, 0.15) is 0 Å². The summed E-state index contributed by atoms with van der Waals surface area (Å²) in [6.45, 7) is 1.41. The molecule has 0 aliphatic carbocycles. The van der Waals surface area contributed by atoms with Crippen molar-refractivity contribution in [2.24, 2.45) is 11.7 Å². The Morgan fingerprint density at radius 3 is 2.58 bits per heavy atom. The Hall–Kier alpha value is -3.16. The molecule has 3 rings (SSSR count). The lowest BCUT2D eigenvalue weighted by atomic mass is 9.97. The number of rotatable bonds is 5. The summed E-state index contributed by atoms with van der Waals surface area (Å²) >= 11 is 0. The average Bonchev–Trinajstić information content (AvgIpc) is 2.68. The highest BCUT2D eigenvalue weighted by Gasteiger charge is 2.26. The molecule has 136 valence electrons. The normalized spacial score (nSPS) is 16.8. The fourth-order valence-corrected chi connectivity index (χ4v) is 2.95. The summed E-state index contributed by atoms with van der Waals surface area (Å²) < 4.78 is 5.02. The minimum Gasteiger partial charge on any atom is -0.480 e. The summed E-state index contributed by atoms with van der Waals surface area (Å²) in [7, 11) is 1.54. The molecule has 2 aromatic rings. The number of methoxy groups -OCH3 is 1. The van der Waals surface area contributed by atoms with Crippen LogP contribution in [-0.2, 0) is 4.79 Å². The third-order valence-electron chi connectivity index (χ3n) is 4.39. The lowest BCUT2D eigenvalue weighted by Gasteiger charge is -2.32. The van der Waals surface area contributed by atoms with Crippen molar-refractivity contribution < 1.29 is 14.3 Å². The first-order valence-electron chi connectivity index (χ1n) is 8.40. The van der Waals surface area contributed by atoms with Crippen LogP contribution in [-0.4, -0.2) is 42.2 Å². The van der Waals surface area contributed by atoms with Gasteiger partial charge in [0, 0.05) is 30.4 Å². The fourth-order valence-electron chi connectivity index (χ4n) is 2.95. The Morgan fingerprint density at radius 1 is 1.19 bits per heavy atom.